The van der Waals surface area contributed by atoms with Gasteiger partial charge in [0.15, 0.2) is 0 Å². The Labute approximate surface area is 131 Å². The third kappa shape index (κ3) is 4.31. The van der Waals surface area contributed by atoms with Gasteiger partial charge in [-0.05, 0) is 61.8 Å². The zero-order chi connectivity index (χ0) is 13.9. The summed E-state index contributed by atoms with van der Waals surface area (Å²) in [6.45, 7) is 4.66. The fraction of sp³-hybridized carbons (Fsp3) is 0.647. The SMILES string of the molecule is CNCc1ccc(CN(CC2CC2)CC2CC2)c(Br)c1. The third-order valence-corrected chi connectivity index (χ3v) is 5.06. The minimum atomic E-state index is 0.937. The molecule has 20 heavy (non-hydrogen) atoms. The van der Waals surface area contributed by atoms with Gasteiger partial charge in [0.1, 0.15) is 0 Å². The molecule has 0 unspecified atom stereocenters. The van der Waals surface area contributed by atoms with Gasteiger partial charge >= 0.3 is 0 Å². The lowest BCUT2D eigenvalue weighted by Crippen LogP contribution is -2.28. The van der Waals surface area contributed by atoms with E-state index in [-0.39, 0.29) is 0 Å². The summed E-state index contributed by atoms with van der Waals surface area (Å²) in [7, 11) is 1.99. The van der Waals surface area contributed by atoms with Crippen molar-refractivity contribution < 1.29 is 0 Å². The van der Waals surface area contributed by atoms with Crippen LogP contribution in [0.15, 0.2) is 22.7 Å². The molecular formula is C17H25BrN2. The van der Waals surface area contributed by atoms with Crippen molar-refractivity contribution >= 4 is 15.9 Å². The number of nitrogens with zero attached hydrogens (tertiary/aromatic N) is 1. The van der Waals surface area contributed by atoms with Crippen molar-refractivity contribution in [3.63, 3.8) is 0 Å². The van der Waals surface area contributed by atoms with E-state index in [0.717, 1.165) is 24.9 Å². The van der Waals surface area contributed by atoms with Gasteiger partial charge in [-0.2, -0.15) is 0 Å². The van der Waals surface area contributed by atoms with E-state index in [1.165, 1.54) is 54.4 Å². The lowest BCUT2D eigenvalue weighted by molar-refractivity contribution is 0.244. The Morgan fingerprint density at radius 3 is 2.30 bits per heavy atom. The molecule has 2 saturated carbocycles. The Bertz CT molecular complexity index is 438. The number of benzene rings is 1. The summed E-state index contributed by atoms with van der Waals surface area (Å²) in [4.78, 5) is 2.69. The van der Waals surface area contributed by atoms with Crippen LogP contribution in [0.4, 0.5) is 0 Å². The van der Waals surface area contributed by atoms with Crippen molar-refractivity contribution in [2.75, 3.05) is 20.1 Å². The van der Waals surface area contributed by atoms with E-state index in [1.807, 2.05) is 7.05 Å². The van der Waals surface area contributed by atoms with Crippen molar-refractivity contribution in [1.29, 1.82) is 0 Å². The molecule has 1 N–H and O–H groups in total. The largest absolute Gasteiger partial charge is 0.316 e. The summed E-state index contributed by atoms with van der Waals surface area (Å²) in [5.41, 5.74) is 2.78. The second kappa shape index (κ2) is 6.59. The monoisotopic (exact) mass is 336 g/mol. The normalized spacial score (nSPS) is 18.8. The Kier molecular flexibility index (Phi) is 4.79. The van der Waals surface area contributed by atoms with E-state index in [1.54, 1.807) is 0 Å². The average molecular weight is 337 g/mol. The summed E-state index contributed by atoms with van der Waals surface area (Å²) in [6.07, 6.45) is 5.79. The second-order valence-corrected chi connectivity index (χ2v) is 7.39. The summed E-state index contributed by atoms with van der Waals surface area (Å²) in [6, 6.07) is 6.81. The van der Waals surface area contributed by atoms with Gasteiger partial charge in [-0.1, -0.05) is 28.1 Å². The molecule has 1 aromatic carbocycles. The van der Waals surface area contributed by atoms with Crippen molar-refractivity contribution in [1.82, 2.24) is 10.2 Å². The second-order valence-electron chi connectivity index (χ2n) is 6.54. The van der Waals surface area contributed by atoms with E-state index in [2.05, 4.69) is 44.3 Å². The molecule has 0 atom stereocenters. The van der Waals surface area contributed by atoms with Gasteiger partial charge in [-0.3, -0.25) is 4.90 Å². The highest BCUT2D eigenvalue weighted by molar-refractivity contribution is 9.10. The molecule has 0 bridgehead atoms. The molecule has 110 valence electrons. The first-order valence-electron chi connectivity index (χ1n) is 7.89. The van der Waals surface area contributed by atoms with E-state index in [0.29, 0.717) is 0 Å². The minimum Gasteiger partial charge on any atom is -0.316 e. The van der Waals surface area contributed by atoms with E-state index in [4.69, 9.17) is 0 Å². The lowest BCUT2D eigenvalue weighted by atomic mass is 10.1. The van der Waals surface area contributed by atoms with Crippen LogP contribution < -0.4 is 5.32 Å². The van der Waals surface area contributed by atoms with Crippen LogP contribution in [-0.2, 0) is 13.1 Å². The number of hydrogen-bond donors (Lipinski definition) is 1. The van der Waals surface area contributed by atoms with Crippen molar-refractivity contribution in [2.24, 2.45) is 11.8 Å². The van der Waals surface area contributed by atoms with Crippen LogP contribution in [0.25, 0.3) is 0 Å². The number of rotatable bonds is 8. The van der Waals surface area contributed by atoms with E-state index in [9.17, 15) is 0 Å². The first-order valence-corrected chi connectivity index (χ1v) is 8.68. The molecule has 0 heterocycles. The molecule has 2 aliphatic carbocycles. The van der Waals surface area contributed by atoms with E-state index >= 15 is 0 Å². The van der Waals surface area contributed by atoms with Crippen LogP contribution in [-0.4, -0.2) is 25.0 Å². The number of nitrogens with one attached hydrogen (secondary N) is 1. The maximum atomic E-state index is 3.75. The molecule has 0 spiro atoms. The highest BCUT2D eigenvalue weighted by Crippen LogP contribution is 2.34. The molecule has 2 nitrogen and oxygen atoms in total. The van der Waals surface area contributed by atoms with Crippen LogP contribution in [0.5, 0.6) is 0 Å². The average Bonchev–Trinajstić information content (AvgIpc) is 3.29. The quantitative estimate of drug-likeness (QED) is 0.776. The van der Waals surface area contributed by atoms with Crippen LogP contribution in [0.3, 0.4) is 0 Å². The van der Waals surface area contributed by atoms with Gasteiger partial charge < -0.3 is 5.32 Å². The summed E-state index contributed by atoms with van der Waals surface area (Å²) < 4.78 is 1.27. The molecule has 0 saturated heterocycles. The highest BCUT2D eigenvalue weighted by Gasteiger charge is 2.29. The van der Waals surface area contributed by atoms with Gasteiger partial charge in [-0.25, -0.2) is 0 Å². The number of halogens is 1. The van der Waals surface area contributed by atoms with Gasteiger partial charge in [0.2, 0.25) is 0 Å². The first-order chi connectivity index (χ1) is 9.74. The lowest BCUT2D eigenvalue weighted by Gasteiger charge is -2.23. The molecule has 2 aliphatic rings. The Morgan fingerprint density at radius 2 is 1.80 bits per heavy atom. The topological polar surface area (TPSA) is 15.3 Å². The maximum Gasteiger partial charge on any atom is 0.0245 e. The molecule has 0 amide bonds. The first kappa shape index (κ1) is 14.6. The molecule has 0 aromatic heterocycles. The summed E-state index contributed by atoms with van der Waals surface area (Å²) in [5, 5.41) is 3.21. The van der Waals surface area contributed by atoms with Crippen LogP contribution in [0, 0.1) is 11.8 Å². The predicted molar refractivity (Wildman–Crippen MR) is 87.6 cm³/mol. The predicted octanol–water partition coefficient (Wildman–Crippen LogP) is 3.79. The molecule has 3 heteroatoms. The molecule has 0 radical (unpaired) electrons. The Hall–Kier alpha value is -0.380. The Balaban J connectivity index is 1.63. The highest BCUT2D eigenvalue weighted by atomic mass is 79.9. The molecule has 2 fully saturated rings. The van der Waals surface area contributed by atoms with Crippen LogP contribution in [0.1, 0.15) is 36.8 Å². The zero-order valence-electron chi connectivity index (χ0n) is 12.4. The summed E-state index contributed by atoms with van der Waals surface area (Å²) in [5.74, 6) is 1.96. The number of hydrogen-bond acceptors (Lipinski definition) is 2. The van der Waals surface area contributed by atoms with E-state index < -0.39 is 0 Å². The van der Waals surface area contributed by atoms with Crippen LogP contribution >= 0.6 is 15.9 Å². The molecular weight excluding hydrogens is 312 g/mol. The molecule has 3 rings (SSSR count). The fourth-order valence-electron chi connectivity index (χ4n) is 2.81. The third-order valence-electron chi connectivity index (χ3n) is 4.32. The van der Waals surface area contributed by atoms with Gasteiger partial charge in [0.25, 0.3) is 0 Å². The van der Waals surface area contributed by atoms with Crippen molar-refractivity contribution in [2.45, 2.75) is 38.8 Å². The minimum absolute atomic E-state index is 0.937. The van der Waals surface area contributed by atoms with Gasteiger partial charge in [0, 0.05) is 30.7 Å². The summed E-state index contributed by atoms with van der Waals surface area (Å²) >= 11 is 3.75. The van der Waals surface area contributed by atoms with Crippen molar-refractivity contribution in [3.8, 4) is 0 Å². The van der Waals surface area contributed by atoms with Crippen molar-refractivity contribution in [3.05, 3.63) is 33.8 Å². The Morgan fingerprint density at radius 1 is 1.15 bits per heavy atom. The van der Waals surface area contributed by atoms with Gasteiger partial charge in [0.05, 0.1) is 0 Å². The molecule has 0 aliphatic heterocycles. The molecule has 1 aromatic rings. The van der Waals surface area contributed by atoms with Crippen LogP contribution in [0.2, 0.25) is 0 Å². The smallest absolute Gasteiger partial charge is 0.0245 e. The van der Waals surface area contributed by atoms with Gasteiger partial charge in [-0.15, -0.1) is 0 Å². The maximum absolute atomic E-state index is 3.75. The zero-order valence-corrected chi connectivity index (χ0v) is 14.0. The fourth-order valence-corrected chi connectivity index (χ4v) is 3.36. The standard InChI is InChI=1S/C17H25BrN2/c1-19-9-15-6-7-16(17(18)8-15)12-20(10-13-2-3-13)11-14-4-5-14/h6-8,13-14,19H,2-5,9-12H2,1H3.